The van der Waals surface area contributed by atoms with Crippen molar-refractivity contribution >= 4 is 5.78 Å². The standard InChI is InChI=1S/C24H27NO5/c1-18(26)20-7-11-23(12-8-20)30-17-21(27)15-25(16-24-4-3-13-29-24)14-19-5-9-22(28-2)10-6-19/h3-13,21,27H,14-17H2,1-2H3. The Morgan fingerprint density at radius 3 is 2.33 bits per heavy atom. The summed E-state index contributed by atoms with van der Waals surface area (Å²) in [5, 5.41) is 10.5. The van der Waals surface area contributed by atoms with E-state index in [1.165, 1.54) is 6.92 Å². The van der Waals surface area contributed by atoms with Crippen molar-refractivity contribution in [2.24, 2.45) is 0 Å². The maximum absolute atomic E-state index is 11.4. The Labute approximate surface area is 176 Å². The molecule has 1 unspecified atom stereocenters. The number of aliphatic hydroxyl groups excluding tert-OH is 1. The molecule has 1 atom stereocenters. The summed E-state index contributed by atoms with van der Waals surface area (Å²) in [5.74, 6) is 2.26. The molecule has 1 aromatic heterocycles. The van der Waals surface area contributed by atoms with Crippen LogP contribution in [0, 0.1) is 0 Å². The third kappa shape index (κ3) is 6.47. The van der Waals surface area contributed by atoms with Crippen molar-refractivity contribution in [1.82, 2.24) is 4.90 Å². The predicted octanol–water partition coefficient (Wildman–Crippen LogP) is 3.93. The molecule has 0 fully saturated rings. The minimum atomic E-state index is -0.689. The molecule has 158 valence electrons. The lowest BCUT2D eigenvalue weighted by molar-refractivity contribution is 0.0604. The first kappa shape index (κ1) is 21.6. The Hall–Kier alpha value is -3.09. The van der Waals surface area contributed by atoms with E-state index >= 15 is 0 Å². The third-order valence-electron chi connectivity index (χ3n) is 4.70. The molecule has 0 aliphatic heterocycles. The highest BCUT2D eigenvalue weighted by atomic mass is 16.5. The van der Waals surface area contributed by atoms with Gasteiger partial charge in [-0.25, -0.2) is 0 Å². The molecule has 0 aliphatic carbocycles. The van der Waals surface area contributed by atoms with Crippen LogP contribution in [0.25, 0.3) is 0 Å². The van der Waals surface area contributed by atoms with Gasteiger partial charge in [-0.1, -0.05) is 12.1 Å². The molecule has 2 aromatic carbocycles. The van der Waals surface area contributed by atoms with E-state index in [0.717, 1.165) is 17.1 Å². The maximum Gasteiger partial charge on any atom is 0.159 e. The number of carbonyl (C=O) groups excluding carboxylic acids is 1. The fourth-order valence-electron chi connectivity index (χ4n) is 3.13. The smallest absolute Gasteiger partial charge is 0.159 e. The summed E-state index contributed by atoms with van der Waals surface area (Å²) in [6.07, 6.45) is 0.955. The van der Waals surface area contributed by atoms with E-state index in [-0.39, 0.29) is 12.4 Å². The highest BCUT2D eigenvalue weighted by Gasteiger charge is 2.15. The molecule has 0 saturated heterocycles. The Bertz CT molecular complexity index is 904. The Morgan fingerprint density at radius 2 is 1.73 bits per heavy atom. The molecule has 0 saturated carbocycles. The van der Waals surface area contributed by atoms with Gasteiger partial charge in [0.1, 0.15) is 30.0 Å². The molecule has 0 spiro atoms. The summed E-state index contributed by atoms with van der Waals surface area (Å²) in [5.41, 5.74) is 1.74. The third-order valence-corrected chi connectivity index (χ3v) is 4.70. The first-order chi connectivity index (χ1) is 14.5. The van der Waals surface area contributed by atoms with E-state index in [1.807, 2.05) is 36.4 Å². The Kier molecular flexibility index (Phi) is 7.65. The van der Waals surface area contributed by atoms with E-state index in [0.29, 0.717) is 30.9 Å². The lowest BCUT2D eigenvalue weighted by Gasteiger charge is -2.24. The van der Waals surface area contributed by atoms with Crippen LogP contribution >= 0.6 is 0 Å². The van der Waals surface area contributed by atoms with Crippen LogP contribution in [0.4, 0.5) is 0 Å². The number of aliphatic hydroxyl groups is 1. The monoisotopic (exact) mass is 409 g/mol. The number of rotatable bonds is 11. The molecule has 6 heteroatoms. The van der Waals surface area contributed by atoms with Gasteiger partial charge in [-0.15, -0.1) is 0 Å². The van der Waals surface area contributed by atoms with Crippen LogP contribution < -0.4 is 9.47 Å². The zero-order valence-corrected chi connectivity index (χ0v) is 17.3. The number of furan rings is 1. The van der Waals surface area contributed by atoms with Crippen LogP contribution in [0.5, 0.6) is 11.5 Å². The van der Waals surface area contributed by atoms with Crippen LogP contribution in [-0.4, -0.2) is 42.2 Å². The van der Waals surface area contributed by atoms with Gasteiger partial charge < -0.3 is 19.0 Å². The number of hydrogen-bond donors (Lipinski definition) is 1. The van der Waals surface area contributed by atoms with Crippen molar-refractivity contribution in [3.8, 4) is 11.5 Å². The van der Waals surface area contributed by atoms with Crippen LogP contribution in [0.15, 0.2) is 71.3 Å². The van der Waals surface area contributed by atoms with Crippen LogP contribution in [0.2, 0.25) is 0 Å². The second kappa shape index (κ2) is 10.6. The molecular formula is C24H27NO5. The van der Waals surface area contributed by atoms with Crippen LogP contribution in [0.3, 0.4) is 0 Å². The molecule has 1 heterocycles. The molecule has 6 nitrogen and oxygen atoms in total. The van der Waals surface area contributed by atoms with Crippen molar-refractivity contribution in [3.05, 3.63) is 83.8 Å². The van der Waals surface area contributed by atoms with Crippen molar-refractivity contribution in [3.63, 3.8) is 0 Å². The van der Waals surface area contributed by atoms with E-state index in [4.69, 9.17) is 13.9 Å². The number of methoxy groups -OCH3 is 1. The zero-order valence-electron chi connectivity index (χ0n) is 17.3. The highest BCUT2D eigenvalue weighted by molar-refractivity contribution is 5.94. The van der Waals surface area contributed by atoms with Crippen molar-refractivity contribution in [2.45, 2.75) is 26.1 Å². The van der Waals surface area contributed by atoms with Crippen LogP contribution in [-0.2, 0) is 13.1 Å². The van der Waals surface area contributed by atoms with E-state index in [9.17, 15) is 9.90 Å². The van der Waals surface area contributed by atoms with E-state index < -0.39 is 6.10 Å². The van der Waals surface area contributed by atoms with Gasteiger partial charge in [0.15, 0.2) is 5.78 Å². The number of Topliss-reactive ketones (excluding diaryl/α,β-unsaturated/α-hetero) is 1. The minimum absolute atomic E-state index is 0.00804. The number of hydrogen-bond acceptors (Lipinski definition) is 6. The second-order valence-electron chi connectivity index (χ2n) is 7.14. The normalized spacial score (nSPS) is 12.0. The van der Waals surface area contributed by atoms with Gasteiger partial charge in [0.25, 0.3) is 0 Å². The first-order valence-electron chi connectivity index (χ1n) is 9.83. The Balaban J connectivity index is 1.58. The first-order valence-corrected chi connectivity index (χ1v) is 9.83. The van der Waals surface area contributed by atoms with Gasteiger partial charge in [-0.3, -0.25) is 9.69 Å². The molecule has 0 aliphatic rings. The molecule has 30 heavy (non-hydrogen) atoms. The SMILES string of the molecule is COc1ccc(CN(Cc2ccco2)CC(O)COc2ccc(C(C)=O)cc2)cc1. The molecule has 0 amide bonds. The minimum Gasteiger partial charge on any atom is -0.497 e. The summed E-state index contributed by atoms with van der Waals surface area (Å²) in [6.45, 7) is 3.31. The summed E-state index contributed by atoms with van der Waals surface area (Å²) in [4.78, 5) is 13.5. The summed E-state index contributed by atoms with van der Waals surface area (Å²) >= 11 is 0. The zero-order chi connectivity index (χ0) is 21.3. The fraction of sp³-hybridized carbons (Fsp3) is 0.292. The number of ketones is 1. The topological polar surface area (TPSA) is 72.1 Å². The number of ether oxygens (including phenoxy) is 2. The molecule has 3 rings (SSSR count). The maximum atomic E-state index is 11.4. The fourth-order valence-corrected chi connectivity index (χ4v) is 3.13. The molecule has 0 bridgehead atoms. The van der Waals surface area contributed by atoms with Gasteiger partial charge in [-0.2, -0.15) is 0 Å². The predicted molar refractivity (Wildman–Crippen MR) is 114 cm³/mol. The van der Waals surface area contributed by atoms with Gasteiger partial charge >= 0.3 is 0 Å². The van der Waals surface area contributed by atoms with Gasteiger partial charge in [0.05, 0.1) is 19.9 Å². The number of nitrogens with zero attached hydrogens (tertiary/aromatic N) is 1. The number of benzene rings is 2. The van der Waals surface area contributed by atoms with Crippen LogP contribution in [0.1, 0.15) is 28.6 Å². The summed E-state index contributed by atoms with van der Waals surface area (Å²) in [7, 11) is 1.64. The van der Waals surface area contributed by atoms with E-state index in [1.54, 1.807) is 37.6 Å². The van der Waals surface area contributed by atoms with Gasteiger partial charge in [0.2, 0.25) is 0 Å². The van der Waals surface area contributed by atoms with Gasteiger partial charge in [0, 0.05) is 18.7 Å². The van der Waals surface area contributed by atoms with Gasteiger partial charge in [-0.05, 0) is 61.0 Å². The van der Waals surface area contributed by atoms with Crippen molar-refractivity contribution < 1.29 is 23.8 Å². The molecule has 0 radical (unpaired) electrons. The van der Waals surface area contributed by atoms with Crippen molar-refractivity contribution in [1.29, 1.82) is 0 Å². The summed E-state index contributed by atoms with van der Waals surface area (Å²) in [6, 6.07) is 18.5. The lowest BCUT2D eigenvalue weighted by atomic mass is 10.1. The van der Waals surface area contributed by atoms with E-state index in [2.05, 4.69) is 4.90 Å². The quantitative estimate of drug-likeness (QED) is 0.484. The molecular weight excluding hydrogens is 382 g/mol. The molecule has 3 aromatic rings. The average Bonchev–Trinajstić information content (AvgIpc) is 3.26. The highest BCUT2D eigenvalue weighted by Crippen LogP contribution is 2.16. The second-order valence-corrected chi connectivity index (χ2v) is 7.14. The Morgan fingerprint density at radius 1 is 1.03 bits per heavy atom. The summed E-state index contributed by atoms with van der Waals surface area (Å²) < 4.78 is 16.4. The largest absolute Gasteiger partial charge is 0.497 e. The van der Waals surface area contributed by atoms with Crippen molar-refractivity contribution in [2.75, 3.05) is 20.3 Å². The average molecular weight is 409 g/mol. The molecule has 1 N–H and O–H groups in total. The number of carbonyl (C=O) groups is 1. The lowest BCUT2D eigenvalue weighted by Crippen LogP contribution is -2.35.